The number of carbonyl (C=O) groups is 1. The van der Waals surface area contributed by atoms with Crippen molar-refractivity contribution >= 4 is 28.6 Å². The zero-order valence-corrected chi connectivity index (χ0v) is 19.3. The maximum absolute atomic E-state index is 12.8. The third-order valence-corrected chi connectivity index (χ3v) is 6.35. The Balaban J connectivity index is 2.62. The lowest BCUT2D eigenvalue weighted by atomic mass is 9.88. The number of hydrogen-bond acceptors (Lipinski definition) is 4. The summed E-state index contributed by atoms with van der Waals surface area (Å²) >= 11 is 2.38. The quantitative estimate of drug-likeness (QED) is 0.482. The number of carbonyl (C=O) groups excluding carboxylic acids is 1. The second kappa shape index (κ2) is 8.57. The van der Waals surface area contributed by atoms with Crippen LogP contribution in [-0.2, 0) is 27.1 Å². The van der Waals surface area contributed by atoms with Gasteiger partial charge in [0.25, 0.3) is 0 Å². The Hall–Kier alpha value is -0.660. The number of rotatable bonds is 4. The summed E-state index contributed by atoms with van der Waals surface area (Å²) in [7, 11) is 2.17. The Bertz CT molecular complexity index is 679. The maximum atomic E-state index is 12.8. The van der Waals surface area contributed by atoms with Gasteiger partial charge in [-0.25, -0.2) is 4.79 Å². The Morgan fingerprint density at radius 2 is 1.69 bits per heavy atom. The lowest BCUT2D eigenvalue weighted by molar-refractivity contribution is -0.167. The molecule has 0 unspecified atom stereocenters. The van der Waals surface area contributed by atoms with Crippen LogP contribution in [0.3, 0.4) is 0 Å². The Labute approximate surface area is 171 Å². The molecule has 146 valence electrons. The van der Waals surface area contributed by atoms with Crippen molar-refractivity contribution in [3.8, 4) is 0 Å². The molecule has 0 bridgehead atoms. The smallest absolute Gasteiger partial charge is 0.340 e. The van der Waals surface area contributed by atoms with Gasteiger partial charge in [-0.15, -0.1) is 0 Å². The molecule has 0 saturated carbocycles. The molecule has 1 aliphatic rings. The number of esters is 1. The number of halogens is 1. The number of likely N-dealkylation sites (N-methyl/N-ethyl adjacent to an activating group) is 1. The third kappa shape index (κ3) is 4.78. The first-order chi connectivity index (χ1) is 12.1. The lowest BCUT2D eigenvalue weighted by Gasteiger charge is -2.30. The molecule has 0 amide bonds. The number of hydrogen-bond donors (Lipinski definition) is 0. The topological polar surface area (TPSA) is 38.8 Å². The highest BCUT2D eigenvalue weighted by Gasteiger charge is 2.33. The molecule has 1 heterocycles. The van der Waals surface area contributed by atoms with Gasteiger partial charge in [-0.05, 0) is 106 Å². The normalized spacial score (nSPS) is 16.8. The standard InChI is InChI=1S/C21H32INO3/c1-8-25-20(24)19(26-21(4,5)6)17-13(2)15-9-11-23(7)12-10-16(15)14(3)18(17)22/h19H,8-12H2,1-7H3/t19-/m0/s1. The fourth-order valence-corrected chi connectivity index (χ4v) is 4.63. The predicted octanol–water partition coefficient (Wildman–Crippen LogP) is 4.36. The molecule has 26 heavy (non-hydrogen) atoms. The first kappa shape index (κ1) is 21.6. The molecule has 0 aromatic heterocycles. The lowest BCUT2D eigenvalue weighted by Crippen LogP contribution is -2.30. The Morgan fingerprint density at radius 1 is 1.15 bits per heavy atom. The van der Waals surface area contributed by atoms with Crippen molar-refractivity contribution in [1.82, 2.24) is 4.90 Å². The molecule has 1 aromatic carbocycles. The van der Waals surface area contributed by atoms with Crippen LogP contribution in [0.4, 0.5) is 0 Å². The average molecular weight is 473 g/mol. The van der Waals surface area contributed by atoms with E-state index >= 15 is 0 Å². The summed E-state index contributed by atoms with van der Waals surface area (Å²) in [6.45, 7) is 14.6. The largest absolute Gasteiger partial charge is 0.464 e. The summed E-state index contributed by atoms with van der Waals surface area (Å²) in [6, 6.07) is 0. The van der Waals surface area contributed by atoms with E-state index in [-0.39, 0.29) is 5.97 Å². The minimum Gasteiger partial charge on any atom is -0.464 e. The zero-order chi connectivity index (χ0) is 19.6. The number of ether oxygens (including phenoxy) is 2. The molecule has 1 aliphatic heterocycles. The van der Waals surface area contributed by atoms with Gasteiger partial charge in [0.15, 0.2) is 6.10 Å². The summed E-state index contributed by atoms with van der Waals surface area (Å²) in [4.78, 5) is 15.1. The summed E-state index contributed by atoms with van der Waals surface area (Å²) in [5, 5.41) is 0. The molecule has 0 aliphatic carbocycles. The molecular weight excluding hydrogens is 441 g/mol. The van der Waals surface area contributed by atoms with Gasteiger partial charge in [0.05, 0.1) is 12.2 Å². The molecule has 0 saturated heterocycles. The van der Waals surface area contributed by atoms with Crippen LogP contribution in [0.1, 0.15) is 61.6 Å². The van der Waals surface area contributed by atoms with E-state index in [0.29, 0.717) is 6.61 Å². The molecule has 0 fully saturated rings. The first-order valence-corrected chi connectivity index (χ1v) is 10.5. The fraction of sp³-hybridized carbons (Fsp3) is 0.667. The molecule has 5 heteroatoms. The summed E-state index contributed by atoms with van der Waals surface area (Å²) < 4.78 is 12.7. The molecule has 0 radical (unpaired) electrons. The molecular formula is C21H32INO3. The SMILES string of the molecule is CCOC(=O)[C@@H](OC(C)(C)C)c1c(C)c2c(c(C)c1I)CCN(C)CC2. The summed E-state index contributed by atoms with van der Waals surface area (Å²) in [6.07, 6.45) is 1.37. The number of benzene rings is 1. The van der Waals surface area contributed by atoms with Gasteiger partial charge in [-0.2, -0.15) is 0 Å². The summed E-state index contributed by atoms with van der Waals surface area (Å²) in [5.74, 6) is -0.298. The second-order valence-electron chi connectivity index (χ2n) is 8.10. The zero-order valence-electron chi connectivity index (χ0n) is 17.2. The molecule has 4 nitrogen and oxygen atoms in total. The van der Waals surface area contributed by atoms with E-state index in [1.54, 1.807) is 0 Å². The van der Waals surface area contributed by atoms with Crippen molar-refractivity contribution in [2.24, 2.45) is 0 Å². The van der Waals surface area contributed by atoms with E-state index in [1.165, 1.54) is 22.3 Å². The van der Waals surface area contributed by atoms with Crippen LogP contribution in [0.15, 0.2) is 0 Å². The van der Waals surface area contributed by atoms with Crippen LogP contribution < -0.4 is 0 Å². The minimum absolute atomic E-state index is 0.298. The highest BCUT2D eigenvalue weighted by atomic mass is 127. The van der Waals surface area contributed by atoms with E-state index in [4.69, 9.17) is 9.47 Å². The molecule has 2 rings (SSSR count). The van der Waals surface area contributed by atoms with Crippen molar-refractivity contribution in [2.75, 3.05) is 26.7 Å². The average Bonchev–Trinajstić information content (AvgIpc) is 2.73. The van der Waals surface area contributed by atoms with E-state index in [0.717, 1.165) is 35.1 Å². The highest BCUT2D eigenvalue weighted by Crippen LogP contribution is 2.37. The minimum atomic E-state index is -0.688. The van der Waals surface area contributed by atoms with Gasteiger partial charge in [0.1, 0.15) is 0 Å². The van der Waals surface area contributed by atoms with Crippen LogP contribution in [-0.4, -0.2) is 43.2 Å². The van der Waals surface area contributed by atoms with Crippen molar-refractivity contribution in [1.29, 1.82) is 0 Å². The van der Waals surface area contributed by atoms with E-state index < -0.39 is 11.7 Å². The maximum Gasteiger partial charge on any atom is 0.340 e. The molecule has 0 N–H and O–H groups in total. The number of fused-ring (bicyclic) bond motifs is 1. The Morgan fingerprint density at radius 3 is 2.19 bits per heavy atom. The third-order valence-electron chi connectivity index (χ3n) is 4.96. The molecule has 1 atom stereocenters. The van der Waals surface area contributed by atoms with Gasteiger partial charge >= 0.3 is 5.97 Å². The monoisotopic (exact) mass is 473 g/mol. The predicted molar refractivity (Wildman–Crippen MR) is 114 cm³/mol. The van der Waals surface area contributed by atoms with Crippen LogP contribution in [0.25, 0.3) is 0 Å². The summed E-state index contributed by atoms with van der Waals surface area (Å²) in [5.41, 5.74) is 5.84. The van der Waals surface area contributed by atoms with Gasteiger partial charge in [0.2, 0.25) is 0 Å². The first-order valence-electron chi connectivity index (χ1n) is 9.40. The fourth-order valence-electron chi connectivity index (χ4n) is 3.62. The van der Waals surface area contributed by atoms with Crippen molar-refractivity contribution < 1.29 is 14.3 Å². The van der Waals surface area contributed by atoms with E-state index in [9.17, 15) is 4.79 Å². The van der Waals surface area contributed by atoms with Crippen molar-refractivity contribution in [3.05, 3.63) is 31.4 Å². The van der Waals surface area contributed by atoms with Gasteiger partial charge in [-0.3, -0.25) is 0 Å². The van der Waals surface area contributed by atoms with Crippen molar-refractivity contribution in [3.63, 3.8) is 0 Å². The van der Waals surface area contributed by atoms with E-state index in [2.05, 4.69) is 48.4 Å². The van der Waals surface area contributed by atoms with Gasteiger partial charge in [-0.1, -0.05) is 0 Å². The van der Waals surface area contributed by atoms with E-state index in [1.807, 2.05) is 27.7 Å². The second-order valence-corrected chi connectivity index (χ2v) is 9.18. The van der Waals surface area contributed by atoms with Gasteiger partial charge < -0.3 is 14.4 Å². The van der Waals surface area contributed by atoms with Crippen LogP contribution >= 0.6 is 22.6 Å². The number of nitrogens with zero attached hydrogens (tertiary/aromatic N) is 1. The van der Waals surface area contributed by atoms with Crippen LogP contribution in [0.5, 0.6) is 0 Å². The molecule has 1 aromatic rings. The van der Waals surface area contributed by atoms with Crippen molar-refractivity contribution in [2.45, 2.75) is 66.1 Å². The molecule has 0 spiro atoms. The Kier molecular flexibility index (Phi) is 7.13. The van der Waals surface area contributed by atoms with Crippen LogP contribution in [0, 0.1) is 17.4 Å². The highest BCUT2D eigenvalue weighted by molar-refractivity contribution is 14.1. The van der Waals surface area contributed by atoms with Crippen LogP contribution in [0.2, 0.25) is 0 Å². The van der Waals surface area contributed by atoms with Gasteiger partial charge in [0, 0.05) is 22.2 Å².